The molecular formula is C20H29NO2. The van der Waals surface area contributed by atoms with Gasteiger partial charge in [0.15, 0.2) is 0 Å². The van der Waals surface area contributed by atoms with E-state index in [4.69, 9.17) is 9.47 Å². The van der Waals surface area contributed by atoms with Gasteiger partial charge in [-0.2, -0.15) is 0 Å². The molecule has 1 aromatic rings. The van der Waals surface area contributed by atoms with Crippen LogP contribution < -0.4 is 4.74 Å². The van der Waals surface area contributed by atoms with Gasteiger partial charge < -0.3 is 14.4 Å². The van der Waals surface area contributed by atoms with Crippen LogP contribution in [0.4, 0.5) is 0 Å². The van der Waals surface area contributed by atoms with Gasteiger partial charge in [-0.15, -0.1) is 0 Å². The maximum Gasteiger partial charge on any atom is 0.118 e. The Bertz CT molecular complexity index is 547. The van der Waals surface area contributed by atoms with Crippen LogP contribution in [0.3, 0.4) is 0 Å². The average molecular weight is 315 g/mol. The quantitative estimate of drug-likeness (QED) is 0.744. The SMILES string of the molecule is CCC(C)N(Cc1ccc(OC)cc1)C1=CC(OC)C(C)C=C1. The van der Waals surface area contributed by atoms with Crippen molar-refractivity contribution in [3.63, 3.8) is 0 Å². The van der Waals surface area contributed by atoms with Crippen LogP contribution in [0, 0.1) is 5.92 Å². The molecule has 23 heavy (non-hydrogen) atoms. The lowest BCUT2D eigenvalue weighted by atomic mass is 9.96. The molecule has 0 amide bonds. The van der Waals surface area contributed by atoms with Crippen molar-refractivity contribution in [3.05, 3.63) is 53.8 Å². The Balaban J connectivity index is 2.21. The summed E-state index contributed by atoms with van der Waals surface area (Å²) in [5.74, 6) is 1.32. The van der Waals surface area contributed by atoms with E-state index in [2.05, 4.69) is 56.0 Å². The molecule has 126 valence electrons. The fourth-order valence-electron chi connectivity index (χ4n) is 2.86. The van der Waals surface area contributed by atoms with Crippen molar-refractivity contribution >= 4 is 0 Å². The van der Waals surface area contributed by atoms with Crippen molar-refractivity contribution in [1.29, 1.82) is 0 Å². The number of hydrogen-bond acceptors (Lipinski definition) is 3. The zero-order chi connectivity index (χ0) is 16.8. The third kappa shape index (κ3) is 4.38. The van der Waals surface area contributed by atoms with E-state index in [1.54, 1.807) is 14.2 Å². The molecule has 0 heterocycles. The number of benzene rings is 1. The minimum absolute atomic E-state index is 0.150. The standard InChI is InChI=1S/C20H29NO2/c1-6-16(3)21(14-17-8-11-19(22-4)12-9-17)18-10-7-15(2)20(13-18)23-5/h7-13,15-16,20H,6,14H2,1-5H3. The molecule has 0 spiro atoms. The smallest absolute Gasteiger partial charge is 0.118 e. The van der Waals surface area contributed by atoms with E-state index >= 15 is 0 Å². The van der Waals surface area contributed by atoms with E-state index in [-0.39, 0.29) is 6.10 Å². The van der Waals surface area contributed by atoms with Crippen LogP contribution in [0.1, 0.15) is 32.8 Å². The Hall–Kier alpha value is -1.74. The summed E-state index contributed by atoms with van der Waals surface area (Å²) in [5.41, 5.74) is 2.54. The highest BCUT2D eigenvalue weighted by atomic mass is 16.5. The molecule has 1 aliphatic rings. The summed E-state index contributed by atoms with van der Waals surface area (Å²) in [7, 11) is 3.48. The fraction of sp³-hybridized carbons (Fsp3) is 0.500. The van der Waals surface area contributed by atoms with E-state index in [0.717, 1.165) is 18.7 Å². The summed E-state index contributed by atoms with van der Waals surface area (Å²) >= 11 is 0. The second-order valence-electron chi connectivity index (χ2n) is 6.24. The molecule has 0 saturated carbocycles. The Morgan fingerprint density at radius 3 is 2.43 bits per heavy atom. The molecule has 1 aromatic carbocycles. The van der Waals surface area contributed by atoms with Gasteiger partial charge >= 0.3 is 0 Å². The number of allylic oxidation sites excluding steroid dienone is 1. The zero-order valence-electron chi connectivity index (χ0n) is 15.0. The molecule has 3 unspecified atom stereocenters. The summed E-state index contributed by atoms with van der Waals surface area (Å²) in [5, 5.41) is 0. The van der Waals surface area contributed by atoms with Crippen molar-refractivity contribution in [2.24, 2.45) is 5.92 Å². The van der Waals surface area contributed by atoms with Gasteiger partial charge in [-0.05, 0) is 43.2 Å². The van der Waals surface area contributed by atoms with Gasteiger partial charge in [0.2, 0.25) is 0 Å². The summed E-state index contributed by atoms with van der Waals surface area (Å²) in [4.78, 5) is 2.45. The number of ether oxygens (including phenoxy) is 2. The van der Waals surface area contributed by atoms with Gasteiger partial charge in [0, 0.05) is 31.3 Å². The van der Waals surface area contributed by atoms with Crippen LogP contribution in [-0.4, -0.2) is 31.3 Å². The first-order valence-electron chi connectivity index (χ1n) is 8.41. The van der Waals surface area contributed by atoms with Crippen LogP contribution in [0.5, 0.6) is 5.75 Å². The molecule has 0 radical (unpaired) electrons. The van der Waals surface area contributed by atoms with Crippen molar-refractivity contribution in [3.8, 4) is 5.75 Å². The third-order valence-corrected chi connectivity index (χ3v) is 4.66. The maximum absolute atomic E-state index is 5.61. The largest absolute Gasteiger partial charge is 0.497 e. The zero-order valence-corrected chi connectivity index (χ0v) is 15.0. The first kappa shape index (κ1) is 17.6. The highest BCUT2D eigenvalue weighted by Gasteiger charge is 2.21. The molecule has 0 aliphatic heterocycles. The van der Waals surface area contributed by atoms with Crippen LogP contribution >= 0.6 is 0 Å². The third-order valence-electron chi connectivity index (χ3n) is 4.66. The van der Waals surface area contributed by atoms with Gasteiger partial charge in [-0.25, -0.2) is 0 Å². The molecule has 3 nitrogen and oxygen atoms in total. The fourth-order valence-corrected chi connectivity index (χ4v) is 2.86. The van der Waals surface area contributed by atoms with Crippen molar-refractivity contribution in [1.82, 2.24) is 4.90 Å². The average Bonchev–Trinajstić information content (AvgIpc) is 2.60. The summed E-state index contributed by atoms with van der Waals surface area (Å²) in [6.07, 6.45) is 7.98. The van der Waals surface area contributed by atoms with Gasteiger partial charge in [-0.3, -0.25) is 0 Å². The summed E-state index contributed by atoms with van der Waals surface area (Å²) < 4.78 is 10.9. The predicted molar refractivity (Wildman–Crippen MR) is 95.5 cm³/mol. The van der Waals surface area contributed by atoms with E-state index in [9.17, 15) is 0 Å². The Morgan fingerprint density at radius 2 is 1.87 bits per heavy atom. The van der Waals surface area contributed by atoms with Crippen LogP contribution in [0.15, 0.2) is 48.2 Å². The molecule has 0 aromatic heterocycles. The van der Waals surface area contributed by atoms with Gasteiger partial charge in [0.05, 0.1) is 13.2 Å². The predicted octanol–water partition coefficient (Wildman–Crippen LogP) is 4.40. The van der Waals surface area contributed by atoms with Crippen molar-refractivity contribution in [2.45, 2.75) is 45.9 Å². The Kier molecular flexibility index (Phi) is 6.28. The molecule has 2 rings (SSSR count). The first-order chi connectivity index (χ1) is 11.1. The van der Waals surface area contributed by atoms with Crippen molar-refractivity contribution in [2.75, 3.05) is 14.2 Å². The lowest BCUT2D eigenvalue weighted by Gasteiger charge is -2.35. The monoisotopic (exact) mass is 315 g/mol. The molecule has 0 fully saturated rings. The van der Waals surface area contributed by atoms with Gasteiger partial charge in [0.1, 0.15) is 5.75 Å². The van der Waals surface area contributed by atoms with E-state index in [0.29, 0.717) is 12.0 Å². The number of methoxy groups -OCH3 is 2. The maximum atomic E-state index is 5.61. The highest BCUT2D eigenvalue weighted by Crippen LogP contribution is 2.25. The number of rotatable bonds is 7. The van der Waals surface area contributed by atoms with Crippen LogP contribution in [-0.2, 0) is 11.3 Å². The summed E-state index contributed by atoms with van der Waals surface area (Å²) in [6.45, 7) is 7.59. The molecule has 0 saturated heterocycles. The van der Waals surface area contributed by atoms with E-state index < -0.39 is 0 Å². The lowest BCUT2D eigenvalue weighted by molar-refractivity contribution is 0.107. The van der Waals surface area contributed by atoms with Crippen molar-refractivity contribution < 1.29 is 9.47 Å². The van der Waals surface area contributed by atoms with Gasteiger partial charge in [0.25, 0.3) is 0 Å². The topological polar surface area (TPSA) is 21.7 Å². The minimum Gasteiger partial charge on any atom is -0.497 e. The second kappa shape index (κ2) is 8.21. The molecule has 3 heteroatoms. The summed E-state index contributed by atoms with van der Waals surface area (Å²) in [6, 6.07) is 8.79. The molecule has 1 aliphatic carbocycles. The van der Waals surface area contributed by atoms with Gasteiger partial charge in [-0.1, -0.05) is 32.1 Å². The minimum atomic E-state index is 0.150. The van der Waals surface area contributed by atoms with E-state index in [1.807, 2.05) is 12.1 Å². The van der Waals surface area contributed by atoms with Crippen LogP contribution in [0.2, 0.25) is 0 Å². The van der Waals surface area contributed by atoms with E-state index in [1.165, 1.54) is 11.3 Å². The second-order valence-corrected chi connectivity index (χ2v) is 6.24. The molecule has 3 atom stereocenters. The number of hydrogen-bond donors (Lipinski definition) is 0. The normalized spacial score (nSPS) is 21.7. The first-order valence-corrected chi connectivity index (χ1v) is 8.41. The Labute approximate surface area is 140 Å². The highest BCUT2D eigenvalue weighted by molar-refractivity contribution is 5.30. The lowest BCUT2D eigenvalue weighted by Crippen LogP contribution is -2.33. The molecule has 0 bridgehead atoms. The molecule has 0 N–H and O–H groups in total. The Morgan fingerprint density at radius 1 is 1.17 bits per heavy atom. The number of nitrogens with zero attached hydrogens (tertiary/aromatic N) is 1. The van der Waals surface area contributed by atoms with Crippen LogP contribution in [0.25, 0.3) is 0 Å². The molecular weight excluding hydrogens is 286 g/mol.